The molecule has 2 saturated heterocycles. The van der Waals surface area contributed by atoms with Gasteiger partial charge >= 0.3 is 12.0 Å². The lowest BCUT2D eigenvalue weighted by Crippen LogP contribution is -2.60. The minimum Gasteiger partial charge on any atom is -0.459 e. The van der Waals surface area contributed by atoms with Gasteiger partial charge < -0.3 is 30.0 Å². The molecule has 4 saturated carbocycles. The Labute approximate surface area is 278 Å². The minimum atomic E-state index is -0.660. The predicted molar refractivity (Wildman–Crippen MR) is 178 cm³/mol. The Morgan fingerprint density at radius 1 is 0.957 bits per heavy atom. The number of benzene rings is 2. The van der Waals surface area contributed by atoms with Crippen molar-refractivity contribution in [2.45, 2.75) is 121 Å². The Balaban J connectivity index is 1.06. The zero-order chi connectivity index (χ0) is 32.8. The van der Waals surface area contributed by atoms with Crippen LogP contribution in [0.25, 0.3) is 0 Å². The van der Waals surface area contributed by atoms with Crippen molar-refractivity contribution in [1.82, 2.24) is 10.2 Å². The van der Waals surface area contributed by atoms with Crippen molar-refractivity contribution < 1.29 is 28.9 Å². The molecule has 3 N–H and O–H groups in total. The van der Waals surface area contributed by atoms with E-state index in [4.69, 9.17) is 14.2 Å². The van der Waals surface area contributed by atoms with E-state index in [0.717, 1.165) is 73.1 Å². The van der Waals surface area contributed by atoms with Crippen LogP contribution in [0.15, 0.2) is 48.5 Å². The normalized spacial score (nSPS) is 33.5. The molecule has 254 valence electrons. The molecule has 2 aromatic carbocycles. The number of carbonyl (C=O) groups excluding carboxylic acids is 2. The highest BCUT2D eigenvalue weighted by molar-refractivity contribution is 5.90. The van der Waals surface area contributed by atoms with E-state index in [9.17, 15) is 14.7 Å². The molecular formula is C38H51N3O6. The van der Waals surface area contributed by atoms with E-state index >= 15 is 0 Å². The maximum atomic E-state index is 13.3. The van der Waals surface area contributed by atoms with E-state index in [1.54, 1.807) is 0 Å². The summed E-state index contributed by atoms with van der Waals surface area (Å²) in [6.07, 6.45) is 8.52. The molecule has 0 spiro atoms. The number of carbonyl (C=O) groups is 2. The van der Waals surface area contributed by atoms with Crippen LogP contribution in [0.4, 0.5) is 10.5 Å². The van der Waals surface area contributed by atoms with Crippen molar-refractivity contribution in [3.8, 4) is 0 Å². The second-order valence-corrected chi connectivity index (χ2v) is 15.9. The van der Waals surface area contributed by atoms with Gasteiger partial charge in [-0.2, -0.15) is 0 Å². The number of hydrogen-bond donors (Lipinski definition) is 3. The van der Waals surface area contributed by atoms with Gasteiger partial charge in [-0.25, -0.2) is 4.79 Å². The van der Waals surface area contributed by atoms with Crippen molar-refractivity contribution in [2.24, 2.45) is 17.8 Å². The molecule has 0 radical (unpaired) electrons. The van der Waals surface area contributed by atoms with Crippen LogP contribution in [0.2, 0.25) is 0 Å². The number of amides is 2. The largest absolute Gasteiger partial charge is 0.459 e. The number of aliphatic hydroxyl groups excluding tert-OH is 1. The van der Waals surface area contributed by atoms with Gasteiger partial charge in [0.25, 0.3) is 0 Å². The van der Waals surface area contributed by atoms with E-state index in [-0.39, 0.29) is 42.4 Å². The fourth-order valence-corrected chi connectivity index (χ4v) is 9.41. The number of aliphatic hydroxyl groups is 1. The highest BCUT2D eigenvalue weighted by Gasteiger charge is 2.51. The van der Waals surface area contributed by atoms with Crippen LogP contribution in [-0.2, 0) is 25.6 Å². The lowest BCUT2D eigenvalue weighted by atomic mass is 9.53. The Morgan fingerprint density at radius 3 is 2.32 bits per heavy atom. The number of anilines is 1. The van der Waals surface area contributed by atoms with Gasteiger partial charge in [-0.15, -0.1) is 0 Å². The smallest absolute Gasteiger partial charge is 0.323 e. The van der Waals surface area contributed by atoms with Crippen LogP contribution in [-0.4, -0.2) is 58.4 Å². The summed E-state index contributed by atoms with van der Waals surface area (Å²) < 4.78 is 19.0. The number of ether oxygens (including phenoxy) is 3. The molecular weight excluding hydrogens is 594 g/mol. The number of hydrogen-bond acceptors (Lipinski definition) is 7. The predicted octanol–water partition coefficient (Wildman–Crippen LogP) is 6.62. The number of urea groups is 1. The fraction of sp³-hybridized carbons (Fsp3) is 0.632. The van der Waals surface area contributed by atoms with Crippen LogP contribution in [0.3, 0.4) is 0 Å². The second-order valence-electron chi connectivity index (χ2n) is 15.9. The highest BCUT2D eigenvalue weighted by atomic mass is 16.7. The van der Waals surface area contributed by atoms with E-state index in [0.29, 0.717) is 18.7 Å². The van der Waals surface area contributed by atoms with E-state index in [1.807, 2.05) is 69.3 Å². The molecule has 9 heteroatoms. The summed E-state index contributed by atoms with van der Waals surface area (Å²) in [5.74, 6) is 2.09. The van der Waals surface area contributed by atoms with Gasteiger partial charge in [-0.1, -0.05) is 36.4 Å². The first-order valence-corrected chi connectivity index (χ1v) is 17.7. The van der Waals surface area contributed by atoms with Crippen molar-refractivity contribution in [1.29, 1.82) is 0 Å². The first-order chi connectivity index (χ1) is 22.5. The van der Waals surface area contributed by atoms with Crippen molar-refractivity contribution in [2.75, 3.05) is 18.4 Å². The number of likely N-dealkylation sites (tertiary alicyclic amines) is 1. The van der Waals surface area contributed by atoms with Gasteiger partial charge in [0.05, 0.1) is 18.8 Å². The summed E-state index contributed by atoms with van der Waals surface area (Å²) in [7, 11) is 0. The number of nitrogens with zero attached hydrogens (tertiary/aromatic N) is 1. The maximum Gasteiger partial charge on any atom is 0.323 e. The maximum absolute atomic E-state index is 13.3. The molecule has 9 nitrogen and oxygen atoms in total. The van der Waals surface area contributed by atoms with Gasteiger partial charge in [0.1, 0.15) is 11.6 Å². The van der Waals surface area contributed by atoms with Crippen LogP contribution in [0, 0.1) is 17.8 Å². The highest BCUT2D eigenvalue weighted by Crippen LogP contribution is 2.55. The van der Waals surface area contributed by atoms with Crippen LogP contribution < -0.4 is 10.6 Å². The Kier molecular flexibility index (Phi) is 9.11. The average Bonchev–Trinajstić information content (AvgIpc) is 3.47. The molecule has 0 aromatic heterocycles. The number of esters is 1. The molecule has 4 aliphatic carbocycles. The molecule has 4 bridgehead atoms. The molecule has 6 aliphatic rings. The van der Waals surface area contributed by atoms with Crippen LogP contribution >= 0.6 is 0 Å². The summed E-state index contributed by atoms with van der Waals surface area (Å²) in [5, 5.41) is 16.1. The lowest BCUT2D eigenvalue weighted by molar-refractivity contribution is -0.253. The van der Waals surface area contributed by atoms with Crippen LogP contribution in [0.5, 0.6) is 0 Å². The Bertz CT molecular complexity index is 1400. The summed E-state index contributed by atoms with van der Waals surface area (Å²) in [5.41, 5.74) is 2.77. The van der Waals surface area contributed by atoms with Gasteiger partial charge in [0, 0.05) is 29.8 Å². The number of rotatable bonds is 8. The van der Waals surface area contributed by atoms with Crippen LogP contribution in [0.1, 0.15) is 108 Å². The first-order valence-electron chi connectivity index (χ1n) is 17.7. The van der Waals surface area contributed by atoms with E-state index in [2.05, 4.69) is 15.5 Å². The van der Waals surface area contributed by atoms with Crippen molar-refractivity contribution in [3.05, 3.63) is 65.2 Å². The summed E-state index contributed by atoms with van der Waals surface area (Å²) in [6.45, 7) is 7.08. The standard InChI is InChI=1S/C38H51N3O6/c1-37(2,3)47-34(43)32-8-5-13-41(32)22-31-18-33(28-11-9-24(23-42)10-12-28)46-35(45-31)29-6-4-7-30(17-29)39-36(44)40-38-19-25-14-26(20-38)16-27(15-25)21-38/h4,6-7,9-12,17,25-27,31-33,35,42H,5,8,13-16,18-23H2,1-3H3,(H2,39,40,44). The van der Waals surface area contributed by atoms with Gasteiger partial charge in [0.15, 0.2) is 6.29 Å². The third-order valence-electron chi connectivity index (χ3n) is 10.9. The SMILES string of the molecule is CC(C)(C)OC(=O)C1CCCN1CC1CC(c2ccc(CO)cc2)OC(c2cccc(NC(=O)NC34CC5CC(CC(C5)C3)C4)c2)O1. The van der Waals surface area contributed by atoms with Crippen molar-refractivity contribution >= 4 is 17.7 Å². The second kappa shape index (κ2) is 13.1. The van der Waals surface area contributed by atoms with E-state index in [1.165, 1.54) is 19.3 Å². The number of nitrogens with one attached hydrogen (secondary N) is 2. The molecule has 2 aliphatic heterocycles. The molecule has 4 atom stereocenters. The average molecular weight is 646 g/mol. The zero-order valence-corrected chi connectivity index (χ0v) is 28.1. The molecule has 2 aromatic rings. The molecule has 2 amide bonds. The molecule has 6 fully saturated rings. The zero-order valence-electron chi connectivity index (χ0n) is 28.1. The Morgan fingerprint density at radius 2 is 1.66 bits per heavy atom. The molecule has 47 heavy (non-hydrogen) atoms. The summed E-state index contributed by atoms with van der Waals surface area (Å²) >= 11 is 0. The van der Waals surface area contributed by atoms with E-state index < -0.39 is 11.9 Å². The van der Waals surface area contributed by atoms with Crippen molar-refractivity contribution in [3.63, 3.8) is 0 Å². The third kappa shape index (κ3) is 7.53. The first kappa shape index (κ1) is 32.6. The third-order valence-corrected chi connectivity index (χ3v) is 10.9. The fourth-order valence-electron chi connectivity index (χ4n) is 9.41. The summed E-state index contributed by atoms with van der Waals surface area (Å²) in [6, 6.07) is 15.2. The molecule has 2 heterocycles. The summed E-state index contributed by atoms with van der Waals surface area (Å²) in [4.78, 5) is 28.6. The minimum absolute atomic E-state index is 0.0165. The Hall–Kier alpha value is -2.98. The van der Waals surface area contributed by atoms with Gasteiger partial charge in [-0.3, -0.25) is 9.69 Å². The van der Waals surface area contributed by atoms with Gasteiger partial charge in [0.2, 0.25) is 0 Å². The molecule has 8 rings (SSSR count). The quantitative estimate of drug-likeness (QED) is 0.277. The monoisotopic (exact) mass is 645 g/mol. The van der Waals surface area contributed by atoms with Gasteiger partial charge in [-0.05, 0) is 120 Å². The topological polar surface area (TPSA) is 109 Å². The lowest BCUT2D eigenvalue weighted by Gasteiger charge is -2.56. The molecule has 4 unspecified atom stereocenters.